The standard InChI is InChI=1S/C24H24FNOS/c25-22-12-6-7-13-23(22)28-24(19-8-2-1-3-9-19)21-11-5-4-10-20(21)18-26-14-16-27-17-15-26/h1-13,24H,14-18H2/t24-/m1/s1. The van der Waals surface area contributed by atoms with Gasteiger partial charge in [-0.05, 0) is 28.8 Å². The van der Waals surface area contributed by atoms with Crippen molar-refractivity contribution in [3.63, 3.8) is 0 Å². The third kappa shape index (κ3) is 4.64. The number of hydrogen-bond acceptors (Lipinski definition) is 3. The normalized spacial score (nSPS) is 16.0. The van der Waals surface area contributed by atoms with Gasteiger partial charge in [0.25, 0.3) is 0 Å². The van der Waals surface area contributed by atoms with Crippen LogP contribution >= 0.6 is 11.8 Å². The number of nitrogens with zero attached hydrogens (tertiary/aromatic N) is 1. The van der Waals surface area contributed by atoms with Crippen LogP contribution in [0, 0.1) is 5.82 Å². The molecule has 0 aromatic heterocycles. The van der Waals surface area contributed by atoms with Crippen LogP contribution in [0.2, 0.25) is 0 Å². The molecule has 0 bridgehead atoms. The summed E-state index contributed by atoms with van der Waals surface area (Å²) in [6.45, 7) is 4.36. The maximum Gasteiger partial charge on any atom is 0.136 e. The molecule has 28 heavy (non-hydrogen) atoms. The molecule has 1 heterocycles. The van der Waals surface area contributed by atoms with Gasteiger partial charge in [-0.2, -0.15) is 0 Å². The Labute approximate surface area is 170 Å². The van der Waals surface area contributed by atoms with E-state index in [1.807, 2.05) is 18.2 Å². The molecule has 0 spiro atoms. The molecule has 3 aromatic carbocycles. The number of morpholine rings is 1. The fourth-order valence-electron chi connectivity index (χ4n) is 3.54. The molecule has 0 radical (unpaired) electrons. The summed E-state index contributed by atoms with van der Waals surface area (Å²) in [6, 6.07) is 26.0. The second-order valence-electron chi connectivity index (χ2n) is 6.93. The van der Waals surface area contributed by atoms with Crippen LogP contribution in [0.5, 0.6) is 0 Å². The Bertz CT molecular complexity index is 896. The maximum absolute atomic E-state index is 14.4. The smallest absolute Gasteiger partial charge is 0.136 e. The van der Waals surface area contributed by atoms with Crippen molar-refractivity contribution in [1.29, 1.82) is 0 Å². The van der Waals surface area contributed by atoms with Crippen molar-refractivity contribution in [3.05, 3.63) is 101 Å². The Kier molecular flexibility index (Phi) is 6.42. The molecule has 1 atom stereocenters. The maximum atomic E-state index is 14.4. The lowest BCUT2D eigenvalue weighted by Crippen LogP contribution is -2.35. The second-order valence-corrected chi connectivity index (χ2v) is 8.07. The first kappa shape index (κ1) is 19.2. The minimum Gasteiger partial charge on any atom is -0.379 e. The van der Waals surface area contributed by atoms with Crippen molar-refractivity contribution in [2.45, 2.75) is 16.7 Å². The highest BCUT2D eigenvalue weighted by molar-refractivity contribution is 7.99. The zero-order valence-corrected chi connectivity index (χ0v) is 16.6. The van der Waals surface area contributed by atoms with Gasteiger partial charge in [0.2, 0.25) is 0 Å². The molecule has 1 saturated heterocycles. The van der Waals surface area contributed by atoms with Crippen LogP contribution in [0.3, 0.4) is 0 Å². The molecule has 0 saturated carbocycles. The molecule has 3 aromatic rings. The number of ether oxygens (including phenoxy) is 1. The molecule has 0 aliphatic carbocycles. The van der Waals surface area contributed by atoms with Gasteiger partial charge in [-0.15, -0.1) is 11.8 Å². The molecule has 0 unspecified atom stereocenters. The number of rotatable bonds is 6. The van der Waals surface area contributed by atoms with Crippen LogP contribution in [0.15, 0.2) is 83.8 Å². The predicted octanol–water partition coefficient (Wildman–Crippen LogP) is 5.54. The highest BCUT2D eigenvalue weighted by atomic mass is 32.2. The lowest BCUT2D eigenvalue weighted by Gasteiger charge is -2.29. The predicted molar refractivity (Wildman–Crippen MR) is 113 cm³/mol. The largest absolute Gasteiger partial charge is 0.379 e. The molecular weight excluding hydrogens is 369 g/mol. The van der Waals surface area contributed by atoms with E-state index in [4.69, 9.17) is 4.74 Å². The monoisotopic (exact) mass is 393 g/mol. The first-order valence-corrected chi connectivity index (χ1v) is 10.5. The van der Waals surface area contributed by atoms with E-state index in [1.165, 1.54) is 22.8 Å². The van der Waals surface area contributed by atoms with Crippen LogP contribution in [0.1, 0.15) is 21.9 Å². The van der Waals surface area contributed by atoms with Gasteiger partial charge >= 0.3 is 0 Å². The highest BCUT2D eigenvalue weighted by Crippen LogP contribution is 2.42. The number of thioether (sulfide) groups is 1. The fourth-order valence-corrected chi connectivity index (χ4v) is 4.78. The fraction of sp³-hybridized carbons (Fsp3) is 0.250. The van der Waals surface area contributed by atoms with Crippen molar-refractivity contribution in [3.8, 4) is 0 Å². The summed E-state index contributed by atoms with van der Waals surface area (Å²) in [5, 5.41) is 0.0374. The number of hydrogen-bond donors (Lipinski definition) is 0. The molecule has 1 aliphatic rings. The van der Waals surface area contributed by atoms with E-state index in [9.17, 15) is 4.39 Å². The van der Waals surface area contributed by atoms with E-state index in [2.05, 4.69) is 53.4 Å². The van der Waals surface area contributed by atoms with Gasteiger partial charge in [-0.3, -0.25) is 4.90 Å². The SMILES string of the molecule is Fc1ccccc1S[C@H](c1ccccc1)c1ccccc1CN1CCOCC1. The molecular formula is C24H24FNOS. The van der Waals surface area contributed by atoms with Gasteiger partial charge in [-0.25, -0.2) is 4.39 Å². The van der Waals surface area contributed by atoms with Gasteiger partial charge in [0.15, 0.2) is 0 Å². The molecule has 1 aliphatic heterocycles. The van der Waals surface area contributed by atoms with Crippen molar-refractivity contribution >= 4 is 11.8 Å². The van der Waals surface area contributed by atoms with E-state index in [1.54, 1.807) is 17.8 Å². The summed E-state index contributed by atoms with van der Waals surface area (Å²) in [5.74, 6) is -0.168. The number of halogens is 1. The first-order valence-electron chi connectivity index (χ1n) is 9.65. The van der Waals surface area contributed by atoms with Crippen molar-refractivity contribution in [2.75, 3.05) is 26.3 Å². The Morgan fingerprint density at radius 3 is 2.32 bits per heavy atom. The summed E-state index contributed by atoms with van der Waals surface area (Å²) in [6.07, 6.45) is 0. The number of benzene rings is 3. The molecule has 144 valence electrons. The average Bonchev–Trinajstić information content (AvgIpc) is 2.75. The van der Waals surface area contributed by atoms with E-state index in [0.29, 0.717) is 4.90 Å². The minimum absolute atomic E-state index is 0.0374. The van der Waals surface area contributed by atoms with Gasteiger partial charge in [-0.1, -0.05) is 66.7 Å². The van der Waals surface area contributed by atoms with Crippen molar-refractivity contribution in [2.24, 2.45) is 0 Å². The lowest BCUT2D eigenvalue weighted by molar-refractivity contribution is 0.0341. The lowest BCUT2D eigenvalue weighted by atomic mass is 9.98. The zero-order valence-electron chi connectivity index (χ0n) is 15.8. The van der Waals surface area contributed by atoms with Crippen LogP contribution in [-0.2, 0) is 11.3 Å². The summed E-state index contributed by atoms with van der Waals surface area (Å²) in [7, 11) is 0. The Balaban J connectivity index is 1.69. The Morgan fingerprint density at radius 2 is 1.54 bits per heavy atom. The summed E-state index contributed by atoms with van der Waals surface area (Å²) >= 11 is 1.58. The molecule has 4 heteroatoms. The first-order chi connectivity index (χ1) is 13.8. The average molecular weight is 394 g/mol. The van der Waals surface area contributed by atoms with Crippen molar-refractivity contribution < 1.29 is 9.13 Å². The Hall–Kier alpha value is -2.14. The van der Waals surface area contributed by atoms with E-state index in [0.717, 1.165) is 32.8 Å². The van der Waals surface area contributed by atoms with Crippen LogP contribution < -0.4 is 0 Å². The molecule has 4 rings (SSSR count). The van der Waals surface area contributed by atoms with E-state index < -0.39 is 0 Å². The zero-order chi connectivity index (χ0) is 19.2. The van der Waals surface area contributed by atoms with E-state index >= 15 is 0 Å². The van der Waals surface area contributed by atoms with Gasteiger partial charge < -0.3 is 4.74 Å². The summed E-state index contributed by atoms with van der Waals surface area (Å²) in [5.41, 5.74) is 3.72. The van der Waals surface area contributed by atoms with Crippen molar-refractivity contribution in [1.82, 2.24) is 4.90 Å². The molecule has 0 N–H and O–H groups in total. The van der Waals surface area contributed by atoms with E-state index in [-0.39, 0.29) is 11.1 Å². The van der Waals surface area contributed by atoms with Gasteiger partial charge in [0.05, 0.1) is 18.5 Å². The third-order valence-corrected chi connectivity index (χ3v) is 6.37. The second kappa shape index (κ2) is 9.37. The van der Waals surface area contributed by atoms with Gasteiger partial charge in [0.1, 0.15) is 5.82 Å². The molecule has 0 amide bonds. The topological polar surface area (TPSA) is 12.5 Å². The molecule has 1 fully saturated rings. The van der Waals surface area contributed by atoms with Crippen LogP contribution in [0.4, 0.5) is 4.39 Å². The summed E-state index contributed by atoms with van der Waals surface area (Å²) < 4.78 is 19.9. The minimum atomic E-state index is -0.168. The third-order valence-electron chi connectivity index (χ3n) is 5.02. The van der Waals surface area contributed by atoms with Crippen LogP contribution in [-0.4, -0.2) is 31.2 Å². The summed E-state index contributed by atoms with van der Waals surface area (Å²) in [4.78, 5) is 3.11. The Morgan fingerprint density at radius 1 is 0.857 bits per heavy atom. The highest BCUT2D eigenvalue weighted by Gasteiger charge is 2.21. The quantitative estimate of drug-likeness (QED) is 0.510. The van der Waals surface area contributed by atoms with Crippen LogP contribution in [0.25, 0.3) is 0 Å². The van der Waals surface area contributed by atoms with Gasteiger partial charge in [0, 0.05) is 24.5 Å². The molecule has 2 nitrogen and oxygen atoms in total.